The van der Waals surface area contributed by atoms with Crippen molar-refractivity contribution in [3.63, 3.8) is 0 Å². The van der Waals surface area contributed by atoms with Gasteiger partial charge in [0.15, 0.2) is 18.1 Å². The van der Waals surface area contributed by atoms with E-state index in [1.165, 1.54) is 10.4 Å². The van der Waals surface area contributed by atoms with Crippen molar-refractivity contribution in [2.24, 2.45) is 5.16 Å². The van der Waals surface area contributed by atoms with Crippen LogP contribution in [0.4, 0.5) is 0 Å². The number of nitrogens with one attached hydrogen (secondary N) is 1. The molecule has 0 spiro atoms. The SMILES string of the molecule is CC(=NOCc1nc2c3c4c(sc3ncn2n1)C(C)(C)NC(C)(C)C4)c1cccs1. The number of fused-ring (bicyclic) bond motifs is 5. The standard InChI is InChI=1S/C21H24N6OS2/c1-12(14-7-6-8-29-14)25-28-10-15-23-18-16-13-9-20(2,3)26-21(4,5)17(13)30-19(16)22-11-27(18)24-15/h6-8,11,26H,9-10H2,1-5H3. The molecule has 0 bridgehead atoms. The average molecular weight is 441 g/mol. The fourth-order valence-electron chi connectivity index (χ4n) is 4.34. The number of oxime groups is 1. The first-order valence-electron chi connectivity index (χ1n) is 9.89. The van der Waals surface area contributed by atoms with Gasteiger partial charge in [-0.2, -0.15) is 0 Å². The zero-order valence-corrected chi connectivity index (χ0v) is 19.3. The van der Waals surface area contributed by atoms with Crippen molar-refractivity contribution in [1.82, 2.24) is 24.9 Å². The molecule has 156 valence electrons. The Balaban J connectivity index is 1.51. The normalized spacial score (nSPS) is 18.1. The predicted molar refractivity (Wildman–Crippen MR) is 121 cm³/mol. The number of nitrogens with zero attached hydrogens (tertiary/aromatic N) is 5. The molecule has 0 saturated carbocycles. The molecule has 0 aliphatic carbocycles. The Morgan fingerprint density at radius 3 is 2.93 bits per heavy atom. The molecular formula is C21H24N6OS2. The van der Waals surface area contributed by atoms with Crippen LogP contribution in [0.3, 0.4) is 0 Å². The van der Waals surface area contributed by atoms with Crippen LogP contribution in [0.25, 0.3) is 15.9 Å². The summed E-state index contributed by atoms with van der Waals surface area (Å²) in [5.41, 5.74) is 2.90. The Kier molecular flexibility index (Phi) is 4.46. The quantitative estimate of drug-likeness (QED) is 0.373. The van der Waals surface area contributed by atoms with E-state index in [0.29, 0.717) is 5.82 Å². The van der Waals surface area contributed by atoms with Crippen LogP contribution in [-0.4, -0.2) is 30.8 Å². The Labute approximate surface area is 182 Å². The number of aromatic nitrogens is 4. The minimum Gasteiger partial charge on any atom is -0.387 e. The van der Waals surface area contributed by atoms with E-state index in [1.54, 1.807) is 33.5 Å². The Morgan fingerprint density at radius 2 is 2.17 bits per heavy atom. The summed E-state index contributed by atoms with van der Waals surface area (Å²) >= 11 is 3.38. The highest BCUT2D eigenvalue weighted by Gasteiger charge is 2.39. The topological polar surface area (TPSA) is 76.7 Å². The predicted octanol–water partition coefficient (Wildman–Crippen LogP) is 4.50. The summed E-state index contributed by atoms with van der Waals surface area (Å²) in [6.45, 7) is 11.1. The molecule has 1 N–H and O–H groups in total. The van der Waals surface area contributed by atoms with Gasteiger partial charge in [-0.15, -0.1) is 27.8 Å². The fourth-order valence-corrected chi connectivity index (χ4v) is 6.22. The summed E-state index contributed by atoms with van der Waals surface area (Å²) < 4.78 is 1.76. The third-order valence-electron chi connectivity index (χ3n) is 5.28. The Bertz CT molecular complexity index is 1270. The van der Waals surface area contributed by atoms with Crippen molar-refractivity contribution >= 4 is 44.2 Å². The lowest BCUT2D eigenvalue weighted by Crippen LogP contribution is -2.54. The van der Waals surface area contributed by atoms with E-state index in [2.05, 4.69) is 48.3 Å². The molecule has 0 atom stereocenters. The first-order valence-corrected chi connectivity index (χ1v) is 11.6. The molecule has 5 heterocycles. The number of rotatable bonds is 4. The van der Waals surface area contributed by atoms with Crippen molar-refractivity contribution in [3.05, 3.63) is 45.0 Å². The van der Waals surface area contributed by atoms with E-state index in [0.717, 1.165) is 32.9 Å². The van der Waals surface area contributed by atoms with Gasteiger partial charge in [0, 0.05) is 16.0 Å². The van der Waals surface area contributed by atoms with Crippen LogP contribution in [0.15, 0.2) is 29.0 Å². The van der Waals surface area contributed by atoms with Crippen LogP contribution in [0.5, 0.6) is 0 Å². The smallest absolute Gasteiger partial charge is 0.192 e. The van der Waals surface area contributed by atoms with Crippen molar-refractivity contribution in [1.29, 1.82) is 0 Å². The van der Waals surface area contributed by atoms with Crippen molar-refractivity contribution < 1.29 is 4.84 Å². The van der Waals surface area contributed by atoms with E-state index in [4.69, 9.17) is 9.82 Å². The molecule has 9 heteroatoms. The third kappa shape index (κ3) is 3.30. The highest BCUT2D eigenvalue weighted by molar-refractivity contribution is 7.19. The summed E-state index contributed by atoms with van der Waals surface area (Å²) in [5.74, 6) is 0.597. The lowest BCUT2D eigenvalue weighted by atomic mass is 9.82. The lowest BCUT2D eigenvalue weighted by Gasteiger charge is -2.42. The maximum absolute atomic E-state index is 5.54. The van der Waals surface area contributed by atoms with Crippen LogP contribution < -0.4 is 5.32 Å². The molecule has 0 unspecified atom stereocenters. The van der Waals surface area contributed by atoms with Gasteiger partial charge in [-0.05, 0) is 58.0 Å². The number of hydrogen-bond acceptors (Lipinski definition) is 8. The van der Waals surface area contributed by atoms with Crippen molar-refractivity contribution in [2.75, 3.05) is 0 Å². The summed E-state index contributed by atoms with van der Waals surface area (Å²) in [6.07, 6.45) is 2.66. The second-order valence-corrected chi connectivity index (χ2v) is 10.8. The average Bonchev–Trinajstić information content (AvgIpc) is 3.37. The van der Waals surface area contributed by atoms with Crippen LogP contribution in [0, 0.1) is 0 Å². The Hall–Kier alpha value is -2.36. The van der Waals surface area contributed by atoms with Crippen LogP contribution in [0.2, 0.25) is 0 Å². The lowest BCUT2D eigenvalue weighted by molar-refractivity contribution is 0.125. The molecule has 1 aliphatic heterocycles. The summed E-state index contributed by atoms with van der Waals surface area (Å²) in [7, 11) is 0. The number of thiophene rings is 2. The molecule has 0 saturated heterocycles. The summed E-state index contributed by atoms with van der Waals surface area (Å²) in [5, 5.41) is 15.7. The Morgan fingerprint density at radius 1 is 1.33 bits per heavy atom. The molecule has 0 radical (unpaired) electrons. The molecule has 0 fully saturated rings. The maximum Gasteiger partial charge on any atom is 0.192 e. The van der Waals surface area contributed by atoms with Crippen LogP contribution >= 0.6 is 22.7 Å². The van der Waals surface area contributed by atoms with Crippen molar-refractivity contribution in [3.8, 4) is 0 Å². The largest absolute Gasteiger partial charge is 0.387 e. The van der Waals surface area contributed by atoms with Gasteiger partial charge in [0.05, 0.1) is 16.0 Å². The van der Waals surface area contributed by atoms with Gasteiger partial charge in [-0.3, -0.25) is 0 Å². The summed E-state index contributed by atoms with van der Waals surface area (Å²) in [4.78, 5) is 18.4. The van der Waals surface area contributed by atoms with E-state index in [9.17, 15) is 0 Å². The van der Waals surface area contributed by atoms with Gasteiger partial charge in [-0.1, -0.05) is 11.2 Å². The second-order valence-electron chi connectivity index (χ2n) is 8.87. The first-order chi connectivity index (χ1) is 14.2. The molecule has 0 amide bonds. The third-order valence-corrected chi connectivity index (χ3v) is 7.72. The fraction of sp³-hybridized carbons (Fsp3) is 0.429. The van der Waals surface area contributed by atoms with Crippen LogP contribution in [0.1, 0.15) is 55.8 Å². The molecule has 1 aliphatic rings. The molecular weight excluding hydrogens is 416 g/mol. The van der Waals surface area contributed by atoms with Gasteiger partial charge in [0.1, 0.15) is 11.2 Å². The van der Waals surface area contributed by atoms with Gasteiger partial charge in [0.2, 0.25) is 0 Å². The van der Waals surface area contributed by atoms with Crippen LogP contribution in [-0.2, 0) is 23.4 Å². The second kappa shape index (κ2) is 6.83. The van der Waals surface area contributed by atoms with Gasteiger partial charge in [0.25, 0.3) is 0 Å². The minimum absolute atomic E-state index is 0.00265. The number of hydrogen-bond donors (Lipinski definition) is 1. The van der Waals surface area contributed by atoms with Gasteiger partial charge < -0.3 is 10.2 Å². The van der Waals surface area contributed by atoms with E-state index >= 15 is 0 Å². The van der Waals surface area contributed by atoms with E-state index in [-0.39, 0.29) is 17.7 Å². The molecule has 5 rings (SSSR count). The molecule has 4 aromatic heterocycles. The molecule has 4 aromatic rings. The highest BCUT2D eigenvalue weighted by atomic mass is 32.1. The zero-order valence-electron chi connectivity index (χ0n) is 17.7. The molecule has 7 nitrogen and oxygen atoms in total. The van der Waals surface area contributed by atoms with Crippen molar-refractivity contribution in [2.45, 2.75) is 58.7 Å². The maximum atomic E-state index is 5.54. The summed E-state index contributed by atoms with van der Waals surface area (Å²) in [6, 6.07) is 4.02. The van der Waals surface area contributed by atoms with Gasteiger partial charge >= 0.3 is 0 Å². The molecule has 30 heavy (non-hydrogen) atoms. The van der Waals surface area contributed by atoms with E-state index in [1.807, 2.05) is 24.4 Å². The van der Waals surface area contributed by atoms with Gasteiger partial charge in [-0.25, -0.2) is 14.5 Å². The molecule has 0 aromatic carbocycles. The highest BCUT2D eigenvalue weighted by Crippen LogP contribution is 2.44. The van der Waals surface area contributed by atoms with E-state index < -0.39 is 0 Å². The first kappa shape index (κ1) is 19.6. The monoisotopic (exact) mass is 440 g/mol. The minimum atomic E-state index is -0.112. The zero-order chi connectivity index (χ0) is 21.1.